The Labute approximate surface area is 89.0 Å². The zero-order valence-corrected chi connectivity index (χ0v) is 8.50. The van der Waals surface area contributed by atoms with Gasteiger partial charge in [0.2, 0.25) is 0 Å². The number of aromatic nitrogens is 1. The number of H-pyrrole nitrogens is 1. The second kappa shape index (κ2) is 3.43. The molecular formula is C9H7ClN2O3. The number of rotatable bonds is 1. The summed E-state index contributed by atoms with van der Waals surface area (Å²) < 4.78 is 4.85. The molecule has 15 heavy (non-hydrogen) atoms. The molecule has 2 rings (SSSR count). The molecule has 0 bridgehead atoms. The lowest BCUT2D eigenvalue weighted by Gasteiger charge is -2.01. The highest BCUT2D eigenvalue weighted by atomic mass is 35.5. The summed E-state index contributed by atoms with van der Waals surface area (Å²) in [6.45, 7) is 1.75. The molecule has 0 spiro atoms. The van der Waals surface area contributed by atoms with E-state index in [-0.39, 0.29) is 0 Å². The minimum Gasteiger partial charge on any atom is -0.411 e. The number of oxazole rings is 1. The lowest BCUT2D eigenvalue weighted by Crippen LogP contribution is -1.93. The van der Waals surface area contributed by atoms with Gasteiger partial charge >= 0.3 is 5.76 Å². The van der Waals surface area contributed by atoms with Crippen LogP contribution in [0.4, 0.5) is 0 Å². The molecule has 1 aromatic carbocycles. The van der Waals surface area contributed by atoms with E-state index in [0.717, 1.165) is 0 Å². The number of aromatic amines is 1. The molecule has 0 saturated carbocycles. The minimum atomic E-state index is -0.565. The average molecular weight is 227 g/mol. The fourth-order valence-corrected chi connectivity index (χ4v) is 1.61. The first-order valence-corrected chi connectivity index (χ1v) is 4.50. The van der Waals surface area contributed by atoms with Crippen LogP contribution in [0, 0.1) is 6.92 Å². The van der Waals surface area contributed by atoms with Gasteiger partial charge in [0.25, 0.3) is 0 Å². The first-order valence-electron chi connectivity index (χ1n) is 4.13. The molecular weight excluding hydrogens is 220 g/mol. The third kappa shape index (κ3) is 1.50. The Kier molecular flexibility index (Phi) is 2.24. The van der Waals surface area contributed by atoms with E-state index in [9.17, 15) is 4.79 Å². The van der Waals surface area contributed by atoms with Crippen LogP contribution in [0.3, 0.4) is 0 Å². The van der Waals surface area contributed by atoms with Crippen molar-refractivity contribution < 1.29 is 9.62 Å². The van der Waals surface area contributed by atoms with Crippen LogP contribution >= 0.6 is 11.6 Å². The van der Waals surface area contributed by atoms with E-state index in [1.165, 1.54) is 6.21 Å². The standard InChI is InChI=1S/C9H7ClN2O3/c1-4-5(3-11-14)2-6-8(7(4)10)12-9(13)15-6/h2-3,14H,1H3,(H,12,13)/b11-3-. The maximum atomic E-state index is 11.0. The van der Waals surface area contributed by atoms with Crippen LogP contribution < -0.4 is 5.76 Å². The third-order valence-electron chi connectivity index (χ3n) is 2.14. The smallest absolute Gasteiger partial charge is 0.411 e. The highest BCUT2D eigenvalue weighted by Crippen LogP contribution is 2.26. The highest BCUT2D eigenvalue weighted by Gasteiger charge is 2.11. The van der Waals surface area contributed by atoms with Gasteiger partial charge in [-0.2, -0.15) is 0 Å². The molecule has 2 aromatic rings. The van der Waals surface area contributed by atoms with Crippen LogP contribution in [0.25, 0.3) is 11.1 Å². The number of halogens is 1. The molecule has 1 heterocycles. The van der Waals surface area contributed by atoms with Gasteiger partial charge in [0, 0.05) is 5.56 Å². The monoisotopic (exact) mass is 226 g/mol. The number of oxime groups is 1. The van der Waals surface area contributed by atoms with Crippen LogP contribution in [0.15, 0.2) is 20.4 Å². The van der Waals surface area contributed by atoms with Gasteiger partial charge in [0.1, 0.15) is 5.52 Å². The van der Waals surface area contributed by atoms with Crippen molar-refractivity contribution in [1.29, 1.82) is 0 Å². The molecule has 0 radical (unpaired) electrons. The van der Waals surface area contributed by atoms with E-state index in [1.54, 1.807) is 13.0 Å². The van der Waals surface area contributed by atoms with Crippen molar-refractivity contribution in [3.05, 3.63) is 32.8 Å². The van der Waals surface area contributed by atoms with E-state index >= 15 is 0 Å². The van der Waals surface area contributed by atoms with Gasteiger partial charge in [-0.05, 0) is 18.6 Å². The van der Waals surface area contributed by atoms with Crippen molar-refractivity contribution in [3.8, 4) is 0 Å². The Hall–Kier alpha value is -1.75. The van der Waals surface area contributed by atoms with E-state index in [1.807, 2.05) is 0 Å². The number of nitrogens with one attached hydrogen (secondary N) is 1. The van der Waals surface area contributed by atoms with Crippen LogP contribution in [0.5, 0.6) is 0 Å². The lowest BCUT2D eigenvalue weighted by molar-refractivity contribution is 0.322. The maximum absolute atomic E-state index is 11.0. The quantitative estimate of drug-likeness (QED) is 0.443. The summed E-state index contributed by atoms with van der Waals surface area (Å²) in [5.41, 5.74) is 2.09. The van der Waals surface area contributed by atoms with Crippen LogP contribution in [-0.4, -0.2) is 16.4 Å². The van der Waals surface area contributed by atoms with Gasteiger partial charge in [-0.1, -0.05) is 16.8 Å². The summed E-state index contributed by atoms with van der Waals surface area (Å²) in [6, 6.07) is 1.58. The highest BCUT2D eigenvalue weighted by molar-refractivity contribution is 6.36. The van der Waals surface area contributed by atoms with Crippen molar-refractivity contribution in [2.24, 2.45) is 5.16 Å². The summed E-state index contributed by atoms with van der Waals surface area (Å²) >= 11 is 6.01. The lowest BCUT2D eigenvalue weighted by atomic mass is 10.1. The maximum Gasteiger partial charge on any atom is 0.417 e. The number of hydrogen-bond acceptors (Lipinski definition) is 4. The number of fused-ring (bicyclic) bond motifs is 1. The minimum absolute atomic E-state index is 0.338. The molecule has 0 atom stereocenters. The number of nitrogens with zero attached hydrogens (tertiary/aromatic N) is 1. The summed E-state index contributed by atoms with van der Waals surface area (Å²) in [5.74, 6) is -0.565. The van der Waals surface area contributed by atoms with Crippen LogP contribution in [-0.2, 0) is 0 Å². The second-order valence-corrected chi connectivity index (χ2v) is 3.41. The summed E-state index contributed by atoms with van der Waals surface area (Å²) in [5, 5.41) is 11.7. The van der Waals surface area contributed by atoms with Gasteiger partial charge in [-0.25, -0.2) is 4.79 Å². The fraction of sp³-hybridized carbons (Fsp3) is 0.111. The zero-order valence-electron chi connectivity index (χ0n) is 7.74. The van der Waals surface area contributed by atoms with Crippen molar-refractivity contribution >= 4 is 28.9 Å². The molecule has 0 aliphatic heterocycles. The van der Waals surface area contributed by atoms with Crippen LogP contribution in [0.1, 0.15) is 11.1 Å². The van der Waals surface area contributed by atoms with Gasteiger partial charge in [-0.3, -0.25) is 4.98 Å². The van der Waals surface area contributed by atoms with Gasteiger partial charge in [0.05, 0.1) is 11.2 Å². The molecule has 1 aromatic heterocycles. The van der Waals surface area contributed by atoms with Gasteiger partial charge < -0.3 is 9.62 Å². The summed E-state index contributed by atoms with van der Waals surface area (Å²) in [7, 11) is 0. The van der Waals surface area contributed by atoms with E-state index < -0.39 is 5.76 Å². The first-order chi connectivity index (χ1) is 7.13. The zero-order chi connectivity index (χ0) is 11.0. The molecule has 0 aliphatic carbocycles. The van der Waals surface area contributed by atoms with E-state index in [2.05, 4.69) is 10.1 Å². The van der Waals surface area contributed by atoms with Gasteiger partial charge in [-0.15, -0.1) is 0 Å². The number of hydrogen-bond donors (Lipinski definition) is 2. The SMILES string of the molecule is Cc1c(/C=N\O)cc2oc(=O)[nH]c2c1Cl. The Morgan fingerprint density at radius 3 is 3.07 bits per heavy atom. The predicted octanol–water partition coefficient (Wildman–Crippen LogP) is 1.89. The Morgan fingerprint density at radius 1 is 1.67 bits per heavy atom. The topological polar surface area (TPSA) is 78.6 Å². The van der Waals surface area contributed by atoms with Crippen molar-refractivity contribution in [2.75, 3.05) is 0 Å². The summed E-state index contributed by atoms with van der Waals surface area (Å²) in [6.07, 6.45) is 1.23. The van der Waals surface area contributed by atoms with Crippen molar-refractivity contribution in [2.45, 2.75) is 6.92 Å². The average Bonchev–Trinajstić information content (AvgIpc) is 2.56. The largest absolute Gasteiger partial charge is 0.417 e. The Bertz CT molecular complexity index is 597. The fourth-order valence-electron chi connectivity index (χ4n) is 1.36. The molecule has 0 aliphatic rings. The van der Waals surface area contributed by atoms with Crippen molar-refractivity contribution in [1.82, 2.24) is 4.98 Å². The molecule has 0 unspecified atom stereocenters. The van der Waals surface area contributed by atoms with Gasteiger partial charge in [0.15, 0.2) is 5.58 Å². The molecule has 0 fully saturated rings. The molecule has 5 nitrogen and oxygen atoms in total. The molecule has 6 heteroatoms. The van der Waals surface area contributed by atoms with E-state index in [4.69, 9.17) is 21.2 Å². The predicted molar refractivity (Wildman–Crippen MR) is 56.0 cm³/mol. The second-order valence-electron chi connectivity index (χ2n) is 3.04. The molecule has 0 saturated heterocycles. The first kappa shape index (κ1) is 9.79. The third-order valence-corrected chi connectivity index (χ3v) is 2.61. The normalized spacial score (nSPS) is 11.6. The van der Waals surface area contributed by atoms with Crippen molar-refractivity contribution in [3.63, 3.8) is 0 Å². The number of benzene rings is 1. The molecule has 78 valence electrons. The molecule has 2 N–H and O–H groups in total. The van der Waals surface area contributed by atoms with E-state index in [0.29, 0.717) is 27.2 Å². The molecule has 0 amide bonds. The Morgan fingerprint density at radius 2 is 2.40 bits per heavy atom. The summed E-state index contributed by atoms with van der Waals surface area (Å²) in [4.78, 5) is 13.4. The van der Waals surface area contributed by atoms with Crippen LogP contribution in [0.2, 0.25) is 5.02 Å². The Balaban J connectivity index is 2.87.